The lowest BCUT2D eigenvalue weighted by Gasteiger charge is -2.32. The quantitative estimate of drug-likeness (QED) is 0.188. The third kappa shape index (κ3) is 5.22. The van der Waals surface area contributed by atoms with Crippen molar-refractivity contribution >= 4 is 43.6 Å². The fourth-order valence-corrected chi connectivity index (χ4v) is 8.14. The van der Waals surface area contributed by atoms with Gasteiger partial charge in [0.2, 0.25) is 0 Å². The van der Waals surface area contributed by atoms with Crippen LogP contribution in [0.3, 0.4) is 0 Å². The molecule has 1 N–H and O–H groups in total. The van der Waals surface area contributed by atoms with Crippen LogP contribution in [-0.2, 0) is 5.60 Å². The first-order chi connectivity index (χ1) is 25.7. The van der Waals surface area contributed by atoms with Crippen molar-refractivity contribution in [3.8, 4) is 22.6 Å². The number of para-hydroxylation sites is 4. The second-order valence-electron chi connectivity index (χ2n) is 13.3. The average molecular weight is 700 g/mol. The van der Waals surface area contributed by atoms with Crippen molar-refractivity contribution < 1.29 is 5.11 Å². The second kappa shape index (κ2) is 13.7. The van der Waals surface area contributed by atoms with Gasteiger partial charge in [0.25, 0.3) is 0 Å². The number of pyridine rings is 1. The highest BCUT2D eigenvalue weighted by Crippen LogP contribution is 2.43. The van der Waals surface area contributed by atoms with Crippen LogP contribution < -0.4 is 0 Å². The largest absolute Gasteiger partial charge is 0.376 e. The Balaban J connectivity index is 0.00000207. The van der Waals surface area contributed by atoms with Crippen LogP contribution in [0.2, 0.25) is 0 Å². The van der Waals surface area contributed by atoms with E-state index in [-0.39, 0.29) is 14.9 Å². The zero-order valence-electron chi connectivity index (χ0n) is 28.3. The summed E-state index contributed by atoms with van der Waals surface area (Å²) in [6, 6.07) is 64.8. The highest BCUT2D eigenvalue weighted by Gasteiger charge is 2.37. The molecule has 0 atom stereocenters. The molecule has 3 aromatic heterocycles. The SMILES string of the molecule is C.C.OC(c1cccc(-n2c3ccccc3c3ccccc32)c1)(c1cccc(-n2c3ccccc3c3ccccc32)c1)c1cccnc1-c1ccccc1. The van der Waals surface area contributed by atoms with Crippen LogP contribution in [0, 0.1) is 0 Å². The van der Waals surface area contributed by atoms with E-state index in [1.807, 2.05) is 42.5 Å². The molecule has 0 aliphatic heterocycles. The Morgan fingerprint density at radius 3 is 1.26 bits per heavy atom. The Kier molecular flexibility index (Phi) is 8.69. The van der Waals surface area contributed by atoms with Crippen molar-refractivity contribution in [1.29, 1.82) is 0 Å². The smallest absolute Gasteiger partial charge is 0.142 e. The minimum Gasteiger partial charge on any atom is -0.376 e. The average Bonchev–Trinajstić information content (AvgIpc) is 3.74. The summed E-state index contributed by atoms with van der Waals surface area (Å²) < 4.78 is 4.59. The summed E-state index contributed by atoms with van der Waals surface area (Å²) in [6.45, 7) is 0. The molecular formula is C50H41N3O. The third-order valence-corrected chi connectivity index (χ3v) is 10.4. The molecule has 0 saturated heterocycles. The molecule has 54 heavy (non-hydrogen) atoms. The third-order valence-electron chi connectivity index (χ3n) is 10.4. The molecular weight excluding hydrogens is 659 g/mol. The molecule has 10 rings (SSSR count). The van der Waals surface area contributed by atoms with Crippen LogP contribution in [0.1, 0.15) is 31.5 Å². The molecule has 0 amide bonds. The summed E-state index contributed by atoms with van der Waals surface area (Å²) in [5.74, 6) is 0. The lowest BCUT2D eigenvalue weighted by atomic mass is 9.78. The lowest BCUT2D eigenvalue weighted by Crippen LogP contribution is -2.30. The standard InChI is InChI=1S/C48H33N3O.2CH4/c52-48(42-25-14-30-49-47(42)33-15-2-1-3-16-33,34-17-12-19-36(31-34)50-43-26-8-4-21-38(43)39-22-5-9-27-44(39)50)35-18-13-20-37(32-35)51-45-28-10-6-23-40(45)41-24-7-11-29-46(41)51;;/h1-32,52H;2*1H4. The predicted molar refractivity (Wildman–Crippen MR) is 227 cm³/mol. The van der Waals surface area contributed by atoms with Crippen LogP contribution in [0.4, 0.5) is 0 Å². The van der Waals surface area contributed by atoms with Gasteiger partial charge in [-0.1, -0.05) is 148 Å². The van der Waals surface area contributed by atoms with Gasteiger partial charge in [-0.05, 0) is 65.7 Å². The van der Waals surface area contributed by atoms with Crippen molar-refractivity contribution in [2.45, 2.75) is 20.5 Å². The van der Waals surface area contributed by atoms with Gasteiger partial charge in [0.1, 0.15) is 5.60 Å². The first kappa shape index (κ1) is 34.3. The molecule has 3 heterocycles. The summed E-state index contributed by atoms with van der Waals surface area (Å²) in [6.07, 6.45) is 1.80. The summed E-state index contributed by atoms with van der Waals surface area (Å²) in [5, 5.41) is 18.5. The van der Waals surface area contributed by atoms with E-state index in [0.29, 0.717) is 5.56 Å². The van der Waals surface area contributed by atoms with E-state index in [1.165, 1.54) is 21.5 Å². The molecule has 0 spiro atoms. The summed E-state index contributed by atoms with van der Waals surface area (Å²) >= 11 is 0. The van der Waals surface area contributed by atoms with E-state index in [1.54, 1.807) is 6.20 Å². The van der Waals surface area contributed by atoms with Crippen LogP contribution in [0.25, 0.3) is 66.2 Å². The van der Waals surface area contributed by atoms with Crippen molar-refractivity contribution in [2.24, 2.45) is 0 Å². The molecule has 0 unspecified atom stereocenters. The number of aliphatic hydroxyl groups is 1. The number of nitrogens with zero attached hydrogens (tertiary/aromatic N) is 3. The molecule has 0 aliphatic carbocycles. The van der Waals surface area contributed by atoms with Gasteiger partial charge in [-0.3, -0.25) is 4.98 Å². The molecule has 262 valence electrons. The highest BCUT2D eigenvalue weighted by molar-refractivity contribution is 6.10. The van der Waals surface area contributed by atoms with Gasteiger partial charge < -0.3 is 14.2 Å². The van der Waals surface area contributed by atoms with E-state index in [0.717, 1.165) is 55.8 Å². The summed E-state index contributed by atoms with van der Waals surface area (Å²) in [4.78, 5) is 4.90. The van der Waals surface area contributed by atoms with Crippen LogP contribution in [0.15, 0.2) is 194 Å². The predicted octanol–water partition coefficient (Wildman–Crippen LogP) is 12.5. The van der Waals surface area contributed by atoms with Gasteiger partial charge >= 0.3 is 0 Å². The van der Waals surface area contributed by atoms with E-state index < -0.39 is 5.60 Å². The monoisotopic (exact) mass is 699 g/mol. The van der Waals surface area contributed by atoms with Gasteiger partial charge in [-0.15, -0.1) is 0 Å². The molecule has 0 radical (unpaired) electrons. The fourth-order valence-electron chi connectivity index (χ4n) is 8.14. The Morgan fingerprint density at radius 2 is 0.815 bits per heavy atom. The molecule has 4 nitrogen and oxygen atoms in total. The molecule has 4 heteroatoms. The first-order valence-electron chi connectivity index (χ1n) is 17.6. The van der Waals surface area contributed by atoms with Crippen LogP contribution >= 0.6 is 0 Å². The van der Waals surface area contributed by atoms with Crippen molar-refractivity contribution in [1.82, 2.24) is 14.1 Å². The zero-order chi connectivity index (χ0) is 34.6. The minimum atomic E-state index is -1.58. The topological polar surface area (TPSA) is 43.0 Å². The van der Waals surface area contributed by atoms with Crippen molar-refractivity contribution in [3.63, 3.8) is 0 Å². The maximum Gasteiger partial charge on any atom is 0.142 e. The number of aromatic nitrogens is 3. The maximum atomic E-state index is 13.7. The maximum absolute atomic E-state index is 13.7. The summed E-state index contributed by atoms with van der Waals surface area (Å²) in [7, 11) is 0. The van der Waals surface area contributed by atoms with E-state index in [9.17, 15) is 5.11 Å². The van der Waals surface area contributed by atoms with Gasteiger partial charge in [-0.25, -0.2) is 0 Å². The Labute approximate surface area is 315 Å². The molecule has 7 aromatic carbocycles. The Morgan fingerprint density at radius 1 is 0.407 bits per heavy atom. The normalized spacial score (nSPS) is 11.5. The number of rotatable bonds is 6. The lowest BCUT2D eigenvalue weighted by molar-refractivity contribution is 0.126. The first-order valence-corrected chi connectivity index (χ1v) is 17.6. The van der Waals surface area contributed by atoms with Gasteiger partial charge in [0.05, 0.1) is 27.8 Å². The number of fused-ring (bicyclic) bond motifs is 6. The Hall–Kier alpha value is -6.75. The number of benzene rings is 7. The second-order valence-corrected chi connectivity index (χ2v) is 13.3. The van der Waals surface area contributed by atoms with Crippen LogP contribution in [-0.4, -0.2) is 19.2 Å². The molecule has 0 fully saturated rings. The van der Waals surface area contributed by atoms with Crippen molar-refractivity contribution in [3.05, 3.63) is 211 Å². The fraction of sp³-hybridized carbons (Fsp3) is 0.0600. The van der Waals surface area contributed by atoms with E-state index in [2.05, 4.69) is 155 Å². The van der Waals surface area contributed by atoms with Crippen molar-refractivity contribution in [2.75, 3.05) is 0 Å². The van der Waals surface area contributed by atoms with Gasteiger partial charge in [0.15, 0.2) is 0 Å². The molecule has 0 bridgehead atoms. The number of hydrogen-bond donors (Lipinski definition) is 1. The molecule has 10 aromatic rings. The zero-order valence-corrected chi connectivity index (χ0v) is 28.3. The van der Waals surface area contributed by atoms with E-state index in [4.69, 9.17) is 4.98 Å². The molecule has 0 saturated carbocycles. The number of hydrogen-bond acceptors (Lipinski definition) is 2. The highest BCUT2D eigenvalue weighted by atomic mass is 16.3. The van der Waals surface area contributed by atoms with Gasteiger partial charge in [-0.2, -0.15) is 0 Å². The summed E-state index contributed by atoms with van der Waals surface area (Å²) in [5.41, 5.74) is 8.69. The van der Waals surface area contributed by atoms with E-state index >= 15 is 0 Å². The van der Waals surface area contributed by atoms with Crippen LogP contribution in [0.5, 0.6) is 0 Å². The Bertz CT molecular complexity index is 2670. The molecule has 0 aliphatic rings. The minimum absolute atomic E-state index is 0. The van der Waals surface area contributed by atoms with Gasteiger partial charge in [0, 0.05) is 50.2 Å².